The molecule has 3 heterocycles. The van der Waals surface area contributed by atoms with Crippen LogP contribution in [0.3, 0.4) is 0 Å². The molecular formula is C26H24N4O2. The van der Waals surface area contributed by atoms with Crippen LogP contribution in [0.5, 0.6) is 0 Å². The third-order valence-corrected chi connectivity index (χ3v) is 5.59. The van der Waals surface area contributed by atoms with Gasteiger partial charge in [0, 0.05) is 29.7 Å². The second kappa shape index (κ2) is 8.30. The molecule has 32 heavy (non-hydrogen) atoms. The Labute approximate surface area is 186 Å². The topological polar surface area (TPSA) is 63.6 Å². The average Bonchev–Trinajstić information content (AvgIpc) is 3.58. The number of hydrazone groups is 1. The smallest absolute Gasteiger partial charge is 0.245 e. The van der Waals surface area contributed by atoms with E-state index in [2.05, 4.69) is 0 Å². The van der Waals surface area contributed by atoms with Gasteiger partial charge in [0.15, 0.2) is 0 Å². The molecule has 1 amide bonds. The maximum Gasteiger partial charge on any atom is 0.245 e. The van der Waals surface area contributed by atoms with Gasteiger partial charge < -0.3 is 4.42 Å². The number of furan rings is 1. The Bertz CT molecular complexity index is 1240. The van der Waals surface area contributed by atoms with Gasteiger partial charge in [0.2, 0.25) is 5.91 Å². The molecule has 5 rings (SSSR count). The van der Waals surface area contributed by atoms with Gasteiger partial charge in [-0.15, -0.1) is 0 Å². The number of aromatic nitrogens is 2. The van der Waals surface area contributed by atoms with Crippen LogP contribution < -0.4 is 0 Å². The minimum Gasteiger partial charge on any atom is -0.467 e. The quantitative estimate of drug-likeness (QED) is 0.427. The number of carbonyl (C=O) groups excluding carboxylic acids is 1. The SMILES string of the molecule is CC(C)C(=O)N1N=C(c2cn(-c3ccccc3)nc2-c2ccccc2)C[C@H]1c1ccco1. The highest BCUT2D eigenvalue weighted by molar-refractivity contribution is 6.07. The zero-order valence-electron chi connectivity index (χ0n) is 18.1. The lowest BCUT2D eigenvalue weighted by molar-refractivity contribution is -0.136. The van der Waals surface area contributed by atoms with E-state index in [4.69, 9.17) is 14.6 Å². The fraction of sp³-hybridized carbons (Fsp3) is 0.192. The van der Waals surface area contributed by atoms with Crippen LogP contribution in [0.4, 0.5) is 0 Å². The van der Waals surface area contributed by atoms with Crippen LogP contribution in [0.15, 0.2) is 94.8 Å². The van der Waals surface area contributed by atoms with Gasteiger partial charge in [-0.3, -0.25) is 4.79 Å². The summed E-state index contributed by atoms with van der Waals surface area (Å²) >= 11 is 0. The van der Waals surface area contributed by atoms with E-state index in [1.807, 2.05) is 97.5 Å². The molecule has 0 radical (unpaired) electrons. The largest absolute Gasteiger partial charge is 0.467 e. The lowest BCUT2D eigenvalue weighted by Gasteiger charge is -2.21. The number of rotatable bonds is 5. The monoisotopic (exact) mass is 424 g/mol. The van der Waals surface area contributed by atoms with Crippen molar-refractivity contribution >= 4 is 11.6 Å². The van der Waals surface area contributed by atoms with Crippen molar-refractivity contribution in [2.24, 2.45) is 11.0 Å². The summed E-state index contributed by atoms with van der Waals surface area (Å²) in [6.45, 7) is 3.77. The van der Waals surface area contributed by atoms with Gasteiger partial charge in [-0.25, -0.2) is 9.69 Å². The summed E-state index contributed by atoms with van der Waals surface area (Å²) in [4.78, 5) is 13.0. The van der Waals surface area contributed by atoms with Crippen molar-refractivity contribution in [3.63, 3.8) is 0 Å². The number of amides is 1. The molecule has 0 unspecified atom stereocenters. The van der Waals surface area contributed by atoms with Crippen LogP contribution in [0.25, 0.3) is 16.9 Å². The lowest BCUT2D eigenvalue weighted by Crippen LogP contribution is -2.30. The Morgan fingerprint density at radius 1 is 1.00 bits per heavy atom. The molecule has 6 heteroatoms. The highest BCUT2D eigenvalue weighted by Gasteiger charge is 2.37. The van der Waals surface area contributed by atoms with Crippen molar-refractivity contribution in [1.82, 2.24) is 14.8 Å². The third kappa shape index (κ3) is 3.64. The van der Waals surface area contributed by atoms with Gasteiger partial charge in [-0.05, 0) is 24.3 Å². The molecule has 1 atom stereocenters. The molecule has 4 aromatic rings. The predicted octanol–water partition coefficient (Wildman–Crippen LogP) is 5.47. The van der Waals surface area contributed by atoms with Gasteiger partial charge in [0.05, 0.1) is 17.7 Å². The van der Waals surface area contributed by atoms with E-state index in [0.717, 1.165) is 34.0 Å². The Morgan fingerprint density at radius 3 is 2.38 bits per heavy atom. The third-order valence-electron chi connectivity index (χ3n) is 5.59. The van der Waals surface area contributed by atoms with Crippen molar-refractivity contribution in [3.8, 4) is 16.9 Å². The molecule has 6 nitrogen and oxygen atoms in total. The predicted molar refractivity (Wildman–Crippen MR) is 123 cm³/mol. The standard InChI is InChI=1S/C26H24N4O2/c1-18(2)26(31)30-23(24-14-9-15-32-24)16-22(27-30)21-17-29(20-12-7-4-8-13-20)28-25(21)19-10-5-3-6-11-19/h3-15,17-18,23H,16H2,1-2H3/t23-/m0/s1. The molecule has 0 N–H and O–H groups in total. The first-order chi connectivity index (χ1) is 15.6. The lowest BCUT2D eigenvalue weighted by atomic mass is 9.99. The van der Waals surface area contributed by atoms with Crippen molar-refractivity contribution < 1.29 is 9.21 Å². The van der Waals surface area contributed by atoms with E-state index in [1.165, 1.54) is 0 Å². The highest BCUT2D eigenvalue weighted by atomic mass is 16.3. The van der Waals surface area contributed by atoms with E-state index in [0.29, 0.717) is 6.42 Å². The summed E-state index contributed by atoms with van der Waals surface area (Å²) < 4.78 is 7.53. The van der Waals surface area contributed by atoms with Gasteiger partial charge in [0.25, 0.3) is 0 Å². The maximum absolute atomic E-state index is 13.0. The minimum atomic E-state index is -0.265. The molecule has 0 aliphatic carbocycles. The van der Waals surface area contributed by atoms with Crippen molar-refractivity contribution in [3.05, 3.63) is 96.6 Å². The molecule has 160 valence electrons. The Morgan fingerprint density at radius 2 is 1.72 bits per heavy atom. The normalized spacial score (nSPS) is 15.9. The van der Waals surface area contributed by atoms with Crippen molar-refractivity contribution in [2.45, 2.75) is 26.3 Å². The summed E-state index contributed by atoms with van der Waals surface area (Å²) in [5.41, 5.74) is 4.54. The van der Waals surface area contributed by atoms with Crippen LogP contribution in [0.1, 0.15) is 37.6 Å². The molecule has 0 saturated heterocycles. The van der Waals surface area contributed by atoms with Crippen LogP contribution in [0.2, 0.25) is 0 Å². The molecule has 0 fully saturated rings. The zero-order chi connectivity index (χ0) is 22.1. The number of hydrogen-bond acceptors (Lipinski definition) is 4. The van der Waals surface area contributed by atoms with Crippen LogP contribution >= 0.6 is 0 Å². The first-order valence-corrected chi connectivity index (χ1v) is 10.8. The van der Waals surface area contributed by atoms with Crippen LogP contribution in [-0.2, 0) is 4.79 Å². The van der Waals surface area contributed by atoms with Gasteiger partial charge in [-0.2, -0.15) is 10.2 Å². The Hall–Kier alpha value is -3.93. The summed E-state index contributed by atoms with van der Waals surface area (Å²) in [7, 11) is 0. The maximum atomic E-state index is 13.0. The number of hydrogen-bond donors (Lipinski definition) is 0. The summed E-state index contributed by atoms with van der Waals surface area (Å²) in [6, 6.07) is 23.5. The molecule has 1 aliphatic rings. The van der Waals surface area contributed by atoms with Crippen LogP contribution in [0, 0.1) is 5.92 Å². The highest BCUT2D eigenvalue weighted by Crippen LogP contribution is 2.36. The number of benzene rings is 2. The van der Waals surface area contributed by atoms with Gasteiger partial charge >= 0.3 is 0 Å². The number of para-hydroxylation sites is 1. The molecule has 1 aliphatic heterocycles. The van der Waals surface area contributed by atoms with Crippen molar-refractivity contribution in [1.29, 1.82) is 0 Å². The molecule has 0 bridgehead atoms. The zero-order valence-corrected chi connectivity index (χ0v) is 18.1. The first-order valence-electron chi connectivity index (χ1n) is 10.8. The number of carbonyl (C=O) groups is 1. The Balaban J connectivity index is 1.62. The molecule has 2 aromatic carbocycles. The summed E-state index contributed by atoms with van der Waals surface area (Å²) in [5, 5.41) is 11.3. The van der Waals surface area contributed by atoms with Crippen LogP contribution in [-0.4, -0.2) is 26.4 Å². The fourth-order valence-corrected chi connectivity index (χ4v) is 3.95. The minimum absolute atomic E-state index is 0.0295. The molecule has 2 aromatic heterocycles. The second-order valence-electron chi connectivity index (χ2n) is 8.16. The fourth-order valence-electron chi connectivity index (χ4n) is 3.95. The summed E-state index contributed by atoms with van der Waals surface area (Å²) in [6.07, 6.45) is 4.19. The van der Waals surface area contributed by atoms with E-state index in [9.17, 15) is 4.79 Å². The van der Waals surface area contributed by atoms with Crippen molar-refractivity contribution in [2.75, 3.05) is 0 Å². The molecule has 0 spiro atoms. The van der Waals surface area contributed by atoms with E-state index in [-0.39, 0.29) is 17.9 Å². The van der Waals surface area contributed by atoms with Gasteiger partial charge in [-0.1, -0.05) is 62.4 Å². The van der Waals surface area contributed by atoms with E-state index < -0.39 is 0 Å². The van der Waals surface area contributed by atoms with Gasteiger partial charge in [0.1, 0.15) is 17.5 Å². The summed E-state index contributed by atoms with van der Waals surface area (Å²) in [5.74, 6) is 0.531. The first kappa shape index (κ1) is 20.0. The Kier molecular flexibility index (Phi) is 5.19. The van der Waals surface area contributed by atoms with E-state index >= 15 is 0 Å². The molecule has 0 saturated carbocycles. The second-order valence-corrected chi connectivity index (χ2v) is 8.16. The average molecular weight is 425 g/mol. The van der Waals surface area contributed by atoms with E-state index in [1.54, 1.807) is 11.3 Å². The molecular weight excluding hydrogens is 400 g/mol. The number of nitrogens with zero attached hydrogens (tertiary/aromatic N) is 4.